The van der Waals surface area contributed by atoms with Crippen molar-refractivity contribution in [3.05, 3.63) is 29.0 Å². The summed E-state index contributed by atoms with van der Waals surface area (Å²) in [7, 11) is 1.41. The SMILES string of the molecule is COC(=O)[C@@H]1CC1c1cncc(Cl)c1. The summed E-state index contributed by atoms with van der Waals surface area (Å²) < 4.78 is 4.66. The van der Waals surface area contributed by atoms with E-state index in [1.807, 2.05) is 6.07 Å². The lowest BCUT2D eigenvalue weighted by molar-refractivity contribution is -0.142. The second-order valence-electron chi connectivity index (χ2n) is 3.41. The Kier molecular flexibility index (Phi) is 2.42. The van der Waals surface area contributed by atoms with Gasteiger partial charge in [-0.1, -0.05) is 11.6 Å². The van der Waals surface area contributed by atoms with Crippen LogP contribution in [0.15, 0.2) is 18.5 Å². The molecule has 1 aliphatic rings. The zero-order valence-corrected chi connectivity index (χ0v) is 8.49. The first-order chi connectivity index (χ1) is 6.72. The van der Waals surface area contributed by atoms with Crippen LogP contribution in [0.5, 0.6) is 0 Å². The van der Waals surface area contributed by atoms with Crippen LogP contribution in [0.25, 0.3) is 0 Å². The number of hydrogen-bond acceptors (Lipinski definition) is 3. The normalized spacial score (nSPS) is 24.4. The van der Waals surface area contributed by atoms with Crippen molar-refractivity contribution in [2.24, 2.45) is 5.92 Å². The quantitative estimate of drug-likeness (QED) is 0.703. The Balaban J connectivity index is 2.09. The highest BCUT2D eigenvalue weighted by atomic mass is 35.5. The third kappa shape index (κ3) is 1.73. The minimum atomic E-state index is -0.144. The maximum atomic E-state index is 11.2. The number of hydrogen-bond donors (Lipinski definition) is 0. The molecular weight excluding hydrogens is 202 g/mol. The number of rotatable bonds is 2. The van der Waals surface area contributed by atoms with Crippen LogP contribution in [-0.4, -0.2) is 18.1 Å². The van der Waals surface area contributed by atoms with Crippen LogP contribution in [0.4, 0.5) is 0 Å². The van der Waals surface area contributed by atoms with Crippen molar-refractivity contribution >= 4 is 17.6 Å². The Hall–Kier alpha value is -1.09. The van der Waals surface area contributed by atoms with E-state index in [2.05, 4.69) is 9.72 Å². The highest BCUT2D eigenvalue weighted by Crippen LogP contribution is 2.48. The average molecular weight is 212 g/mol. The van der Waals surface area contributed by atoms with Crippen molar-refractivity contribution in [2.75, 3.05) is 7.11 Å². The van der Waals surface area contributed by atoms with Crippen molar-refractivity contribution in [3.63, 3.8) is 0 Å². The predicted molar refractivity (Wildman–Crippen MR) is 52.1 cm³/mol. The smallest absolute Gasteiger partial charge is 0.309 e. The molecule has 0 radical (unpaired) electrons. The number of methoxy groups -OCH3 is 1. The molecule has 4 heteroatoms. The first-order valence-electron chi connectivity index (χ1n) is 4.40. The number of carbonyl (C=O) groups is 1. The van der Waals surface area contributed by atoms with Gasteiger partial charge in [0.1, 0.15) is 0 Å². The van der Waals surface area contributed by atoms with Crippen molar-refractivity contribution < 1.29 is 9.53 Å². The molecule has 1 aliphatic carbocycles. The molecule has 1 heterocycles. The fraction of sp³-hybridized carbons (Fsp3) is 0.400. The molecule has 2 atom stereocenters. The molecule has 1 aromatic heterocycles. The lowest BCUT2D eigenvalue weighted by Crippen LogP contribution is -2.03. The maximum absolute atomic E-state index is 11.2. The molecule has 1 fully saturated rings. The summed E-state index contributed by atoms with van der Waals surface area (Å²) in [6.45, 7) is 0. The van der Waals surface area contributed by atoms with E-state index in [-0.39, 0.29) is 17.8 Å². The molecule has 74 valence electrons. The topological polar surface area (TPSA) is 39.2 Å². The van der Waals surface area contributed by atoms with Crippen LogP contribution in [0, 0.1) is 5.92 Å². The van der Waals surface area contributed by atoms with Gasteiger partial charge in [0, 0.05) is 12.4 Å². The van der Waals surface area contributed by atoms with E-state index in [9.17, 15) is 4.79 Å². The second kappa shape index (κ2) is 3.58. The summed E-state index contributed by atoms with van der Waals surface area (Å²) in [6.07, 6.45) is 4.18. The molecule has 1 aromatic rings. The fourth-order valence-electron chi connectivity index (χ4n) is 1.61. The van der Waals surface area contributed by atoms with Gasteiger partial charge in [-0.25, -0.2) is 0 Å². The number of nitrogens with zero attached hydrogens (tertiary/aromatic N) is 1. The van der Waals surface area contributed by atoms with Gasteiger partial charge in [0.15, 0.2) is 0 Å². The van der Waals surface area contributed by atoms with Crippen LogP contribution in [-0.2, 0) is 9.53 Å². The highest BCUT2D eigenvalue weighted by molar-refractivity contribution is 6.30. The van der Waals surface area contributed by atoms with E-state index in [0.717, 1.165) is 12.0 Å². The number of pyridine rings is 1. The van der Waals surface area contributed by atoms with Crippen LogP contribution < -0.4 is 0 Å². The van der Waals surface area contributed by atoms with E-state index in [0.29, 0.717) is 5.02 Å². The van der Waals surface area contributed by atoms with E-state index in [1.54, 1.807) is 12.4 Å². The largest absolute Gasteiger partial charge is 0.469 e. The van der Waals surface area contributed by atoms with Crippen molar-refractivity contribution in [2.45, 2.75) is 12.3 Å². The zero-order chi connectivity index (χ0) is 10.1. The minimum Gasteiger partial charge on any atom is -0.469 e. The Morgan fingerprint density at radius 3 is 3.07 bits per heavy atom. The Morgan fingerprint density at radius 1 is 1.64 bits per heavy atom. The average Bonchev–Trinajstić information content (AvgIpc) is 2.96. The van der Waals surface area contributed by atoms with Crippen LogP contribution in [0.1, 0.15) is 17.9 Å². The molecule has 0 spiro atoms. The number of carbonyl (C=O) groups excluding carboxylic acids is 1. The molecule has 0 N–H and O–H groups in total. The highest BCUT2D eigenvalue weighted by Gasteiger charge is 2.45. The van der Waals surface area contributed by atoms with Gasteiger partial charge in [-0.2, -0.15) is 0 Å². The monoisotopic (exact) mass is 211 g/mol. The molecule has 0 saturated heterocycles. The van der Waals surface area contributed by atoms with Crippen LogP contribution in [0.2, 0.25) is 5.02 Å². The number of aromatic nitrogens is 1. The molecule has 1 saturated carbocycles. The van der Waals surface area contributed by atoms with Crippen molar-refractivity contribution in [1.82, 2.24) is 4.98 Å². The molecule has 0 aromatic carbocycles. The summed E-state index contributed by atoms with van der Waals surface area (Å²) in [6, 6.07) is 1.85. The molecule has 0 amide bonds. The third-order valence-electron chi connectivity index (χ3n) is 2.45. The maximum Gasteiger partial charge on any atom is 0.309 e. The molecule has 1 unspecified atom stereocenters. The van der Waals surface area contributed by atoms with Gasteiger partial charge in [-0.3, -0.25) is 9.78 Å². The number of ether oxygens (including phenoxy) is 1. The molecular formula is C10H10ClNO2. The predicted octanol–water partition coefficient (Wildman–Crippen LogP) is 2.01. The zero-order valence-electron chi connectivity index (χ0n) is 7.74. The summed E-state index contributed by atoms with van der Waals surface area (Å²) in [4.78, 5) is 15.1. The number of esters is 1. The van der Waals surface area contributed by atoms with Gasteiger partial charge in [-0.05, 0) is 24.0 Å². The first kappa shape index (κ1) is 9.46. The first-order valence-corrected chi connectivity index (χ1v) is 4.78. The fourth-order valence-corrected chi connectivity index (χ4v) is 1.79. The Bertz CT molecular complexity index is 367. The van der Waals surface area contributed by atoms with Gasteiger partial charge in [0.2, 0.25) is 0 Å². The van der Waals surface area contributed by atoms with E-state index >= 15 is 0 Å². The summed E-state index contributed by atoms with van der Waals surface area (Å²) in [5.74, 6) is 0.101. The standard InChI is InChI=1S/C10H10ClNO2/c1-14-10(13)9-3-8(9)6-2-7(11)5-12-4-6/h2,4-5,8-9H,3H2,1H3/t8?,9-/m1/s1. The van der Waals surface area contributed by atoms with Gasteiger partial charge < -0.3 is 4.74 Å². The van der Waals surface area contributed by atoms with E-state index < -0.39 is 0 Å². The van der Waals surface area contributed by atoms with Gasteiger partial charge >= 0.3 is 5.97 Å². The molecule has 14 heavy (non-hydrogen) atoms. The lowest BCUT2D eigenvalue weighted by atomic mass is 10.1. The Labute approximate surface area is 87.0 Å². The minimum absolute atomic E-state index is 0.000247. The summed E-state index contributed by atoms with van der Waals surface area (Å²) in [5, 5.41) is 0.609. The van der Waals surface area contributed by atoms with Gasteiger partial charge in [0.25, 0.3) is 0 Å². The lowest BCUT2D eigenvalue weighted by Gasteiger charge is -1.99. The van der Waals surface area contributed by atoms with Crippen molar-refractivity contribution in [1.29, 1.82) is 0 Å². The molecule has 0 aliphatic heterocycles. The van der Waals surface area contributed by atoms with E-state index in [1.165, 1.54) is 7.11 Å². The van der Waals surface area contributed by atoms with Crippen LogP contribution in [0.3, 0.4) is 0 Å². The van der Waals surface area contributed by atoms with Gasteiger partial charge in [-0.15, -0.1) is 0 Å². The second-order valence-corrected chi connectivity index (χ2v) is 3.84. The van der Waals surface area contributed by atoms with Gasteiger partial charge in [0.05, 0.1) is 18.1 Å². The molecule has 3 nitrogen and oxygen atoms in total. The summed E-state index contributed by atoms with van der Waals surface area (Å²) >= 11 is 5.80. The molecule has 0 bridgehead atoms. The van der Waals surface area contributed by atoms with E-state index in [4.69, 9.17) is 11.6 Å². The Morgan fingerprint density at radius 2 is 2.43 bits per heavy atom. The number of halogens is 1. The summed E-state index contributed by atoms with van der Waals surface area (Å²) in [5.41, 5.74) is 1.02. The van der Waals surface area contributed by atoms with Crippen LogP contribution >= 0.6 is 11.6 Å². The van der Waals surface area contributed by atoms with Crippen molar-refractivity contribution in [3.8, 4) is 0 Å². The molecule has 2 rings (SSSR count). The third-order valence-corrected chi connectivity index (χ3v) is 2.66.